The molecule has 2 aromatic rings. The third-order valence-electron chi connectivity index (χ3n) is 3.60. The minimum Gasteiger partial charge on any atom is -0.396 e. The molecule has 0 radical (unpaired) electrons. The molecule has 116 valence electrons. The molecular weight excluding hydrogens is 272 g/mol. The van der Waals surface area contributed by atoms with Crippen molar-refractivity contribution in [1.29, 1.82) is 0 Å². The Hall–Kier alpha value is -1.90. The molecule has 0 spiro atoms. The summed E-state index contributed by atoms with van der Waals surface area (Å²) in [6.45, 7) is 6.14. The zero-order valence-corrected chi connectivity index (χ0v) is 13.1. The predicted molar refractivity (Wildman–Crippen MR) is 90.6 cm³/mol. The Morgan fingerprint density at radius 1 is 0.955 bits per heavy atom. The van der Waals surface area contributed by atoms with Gasteiger partial charge in [0.15, 0.2) is 0 Å². The lowest BCUT2D eigenvalue weighted by Gasteiger charge is -2.25. The van der Waals surface area contributed by atoms with Crippen LogP contribution in [0.1, 0.15) is 43.1 Å². The van der Waals surface area contributed by atoms with Gasteiger partial charge >= 0.3 is 0 Å². The minimum absolute atomic E-state index is 0.0459. The smallest absolute Gasteiger partial charge is 0.0870 e. The van der Waals surface area contributed by atoms with Crippen molar-refractivity contribution in [3.8, 4) is 0 Å². The van der Waals surface area contributed by atoms with Crippen LogP contribution in [0.3, 0.4) is 0 Å². The van der Waals surface area contributed by atoms with Gasteiger partial charge in [-0.15, -0.1) is 6.58 Å². The Morgan fingerprint density at radius 3 is 1.91 bits per heavy atom. The highest BCUT2D eigenvalue weighted by atomic mass is 16.5. The Labute approximate surface area is 133 Å². The van der Waals surface area contributed by atoms with E-state index in [-0.39, 0.29) is 18.8 Å². The standard InChI is InChI=1S/C20H24O2/c1-16(2)15-20(18-11-7-4-8-12-18)22-19(13-14-21)17-9-5-3-6-10-17/h3-12,19-21H,1,13-15H2,2H3/t19-,20-/m0/s1. The van der Waals surface area contributed by atoms with Crippen LogP contribution in [0.4, 0.5) is 0 Å². The Balaban J connectivity index is 2.21. The van der Waals surface area contributed by atoms with Crippen LogP contribution in [0.15, 0.2) is 72.8 Å². The maximum absolute atomic E-state index is 9.37. The summed E-state index contributed by atoms with van der Waals surface area (Å²) in [5, 5.41) is 9.37. The van der Waals surface area contributed by atoms with E-state index in [1.807, 2.05) is 55.5 Å². The van der Waals surface area contributed by atoms with Gasteiger partial charge in [0.25, 0.3) is 0 Å². The minimum atomic E-state index is -0.115. The highest BCUT2D eigenvalue weighted by Crippen LogP contribution is 2.32. The van der Waals surface area contributed by atoms with Crippen LogP contribution < -0.4 is 0 Å². The first-order valence-electron chi connectivity index (χ1n) is 7.71. The van der Waals surface area contributed by atoms with Gasteiger partial charge in [0, 0.05) is 13.0 Å². The number of hydrogen-bond donors (Lipinski definition) is 1. The van der Waals surface area contributed by atoms with E-state index in [2.05, 4.69) is 18.7 Å². The number of rotatable bonds is 8. The summed E-state index contributed by atoms with van der Waals surface area (Å²) in [7, 11) is 0. The monoisotopic (exact) mass is 296 g/mol. The fourth-order valence-electron chi connectivity index (χ4n) is 2.53. The number of aliphatic hydroxyl groups is 1. The van der Waals surface area contributed by atoms with Crippen LogP contribution >= 0.6 is 0 Å². The van der Waals surface area contributed by atoms with Crippen molar-refractivity contribution in [2.75, 3.05) is 6.61 Å². The molecule has 0 heterocycles. The molecule has 2 nitrogen and oxygen atoms in total. The van der Waals surface area contributed by atoms with Crippen LogP contribution in [0.5, 0.6) is 0 Å². The van der Waals surface area contributed by atoms with E-state index in [0.29, 0.717) is 6.42 Å². The molecule has 0 saturated carbocycles. The molecule has 0 aliphatic rings. The average molecular weight is 296 g/mol. The van der Waals surface area contributed by atoms with Crippen LogP contribution in [0.25, 0.3) is 0 Å². The number of aliphatic hydroxyl groups excluding tert-OH is 1. The van der Waals surface area contributed by atoms with Gasteiger partial charge in [-0.2, -0.15) is 0 Å². The summed E-state index contributed by atoms with van der Waals surface area (Å²) in [5.74, 6) is 0. The van der Waals surface area contributed by atoms with E-state index >= 15 is 0 Å². The first kappa shape index (κ1) is 16.5. The van der Waals surface area contributed by atoms with Gasteiger partial charge in [-0.25, -0.2) is 0 Å². The number of ether oxygens (including phenoxy) is 1. The summed E-state index contributed by atoms with van der Waals surface area (Å²) < 4.78 is 6.35. The third kappa shape index (κ3) is 4.83. The number of benzene rings is 2. The van der Waals surface area contributed by atoms with E-state index in [1.54, 1.807) is 0 Å². The second-order valence-electron chi connectivity index (χ2n) is 5.61. The molecule has 2 rings (SSSR count). The summed E-state index contributed by atoms with van der Waals surface area (Å²) in [4.78, 5) is 0. The van der Waals surface area contributed by atoms with Gasteiger partial charge in [0.05, 0.1) is 12.2 Å². The Kier molecular flexibility index (Phi) is 6.38. The fraction of sp³-hybridized carbons (Fsp3) is 0.300. The fourth-order valence-corrected chi connectivity index (χ4v) is 2.53. The molecule has 0 aliphatic carbocycles. The zero-order chi connectivity index (χ0) is 15.8. The topological polar surface area (TPSA) is 29.5 Å². The predicted octanol–water partition coefficient (Wildman–Crippen LogP) is 4.83. The second-order valence-corrected chi connectivity index (χ2v) is 5.61. The number of hydrogen-bond acceptors (Lipinski definition) is 2. The van der Waals surface area contributed by atoms with Gasteiger partial charge in [0.1, 0.15) is 0 Å². The van der Waals surface area contributed by atoms with Crippen molar-refractivity contribution in [2.24, 2.45) is 0 Å². The summed E-state index contributed by atoms with van der Waals surface area (Å²) in [6, 6.07) is 20.3. The van der Waals surface area contributed by atoms with E-state index < -0.39 is 0 Å². The van der Waals surface area contributed by atoms with Crippen molar-refractivity contribution in [3.05, 3.63) is 83.9 Å². The van der Waals surface area contributed by atoms with Crippen LogP contribution in [0, 0.1) is 0 Å². The molecule has 22 heavy (non-hydrogen) atoms. The highest BCUT2D eigenvalue weighted by Gasteiger charge is 2.19. The molecule has 0 fully saturated rings. The largest absolute Gasteiger partial charge is 0.396 e. The molecule has 0 aromatic heterocycles. The molecule has 0 amide bonds. The summed E-state index contributed by atoms with van der Waals surface area (Å²) in [6.07, 6.45) is 1.20. The molecule has 0 aliphatic heterocycles. The van der Waals surface area contributed by atoms with Crippen molar-refractivity contribution >= 4 is 0 Å². The molecule has 1 N–H and O–H groups in total. The van der Waals surface area contributed by atoms with E-state index in [9.17, 15) is 5.11 Å². The third-order valence-corrected chi connectivity index (χ3v) is 3.60. The van der Waals surface area contributed by atoms with E-state index in [0.717, 1.165) is 23.1 Å². The Morgan fingerprint density at radius 2 is 1.45 bits per heavy atom. The van der Waals surface area contributed by atoms with Gasteiger partial charge < -0.3 is 9.84 Å². The van der Waals surface area contributed by atoms with Crippen LogP contribution in [-0.4, -0.2) is 11.7 Å². The second kappa shape index (κ2) is 8.52. The van der Waals surface area contributed by atoms with Crippen molar-refractivity contribution in [3.63, 3.8) is 0 Å². The van der Waals surface area contributed by atoms with E-state index in [1.165, 1.54) is 0 Å². The molecule has 2 aromatic carbocycles. The lowest BCUT2D eigenvalue weighted by Crippen LogP contribution is -2.12. The zero-order valence-electron chi connectivity index (χ0n) is 13.1. The molecule has 2 atom stereocenters. The first-order valence-corrected chi connectivity index (χ1v) is 7.71. The molecular formula is C20H24O2. The summed E-state index contributed by atoms with van der Waals surface area (Å²) in [5.41, 5.74) is 3.33. The first-order chi connectivity index (χ1) is 10.7. The van der Waals surface area contributed by atoms with Gasteiger partial charge in [-0.3, -0.25) is 0 Å². The quantitative estimate of drug-likeness (QED) is 0.707. The maximum atomic E-state index is 9.37. The molecule has 2 heteroatoms. The van der Waals surface area contributed by atoms with Crippen molar-refractivity contribution in [1.82, 2.24) is 0 Å². The average Bonchev–Trinajstić information content (AvgIpc) is 2.55. The van der Waals surface area contributed by atoms with Gasteiger partial charge in [-0.1, -0.05) is 66.2 Å². The lowest BCUT2D eigenvalue weighted by molar-refractivity contribution is -0.0264. The molecule has 0 bridgehead atoms. The highest BCUT2D eigenvalue weighted by molar-refractivity contribution is 5.21. The summed E-state index contributed by atoms with van der Waals surface area (Å²) >= 11 is 0. The van der Waals surface area contributed by atoms with Gasteiger partial charge in [0.2, 0.25) is 0 Å². The Bertz CT molecular complexity index is 563. The molecule has 0 saturated heterocycles. The molecule has 0 unspecified atom stereocenters. The SMILES string of the molecule is C=C(C)C[C@H](O[C@@H](CCO)c1ccccc1)c1ccccc1. The van der Waals surface area contributed by atoms with Crippen LogP contribution in [0.2, 0.25) is 0 Å². The van der Waals surface area contributed by atoms with Gasteiger partial charge in [-0.05, 0) is 24.5 Å². The lowest BCUT2D eigenvalue weighted by atomic mass is 10.0. The maximum Gasteiger partial charge on any atom is 0.0870 e. The normalized spacial score (nSPS) is 13.5. The van der Waals surface area contributed by atoms with Crippen molar-refractivity contribution in [2.45, 2.75) is 32.0 Å². The van der Waals surface area contributed by atoms with Crippen LogP contribution in [-0.2, 0) is 4.74 Å². The van der Waals surface area contributed by atoms with Crippen molar-refractivity contribution < 1.29 is 9.84 Å². The van der Waals surface area contributed by atoms with E-state index in [4.69, 9.17) is 4.74 Å².